The molecule has 1 N–H and O–H groups in total. The summed E-state index contributed by atoms with van der Waals surface area (Å²) in [5, 5.41) is 3.28. The van der Waals surface area contributed by atoms with Crippen molar-refractivity contribution in [3.63, 3.8) is 0 Å². The summed E-state index contributed by atoms with van der Waals surface area (Å²) in [6, 6.07) is 5.95. The molecule has 104 valence electrons. The van der Waals surface area contributed by atoms with Gasteiger partial charge >= 0.3 is 0 Å². The van der Waals surface area contributed by atoms with E-state index in [0.29, 0.717) is 13.2 Å². The topological polar surface area (TPSA) is 41.6 Å². The molecule has 1 aliphatic heterocycles. The molecule has 0 saturated heterocycles. The van der Waals surface area contributed by atoms with Crippen LogP contribution in [-0.4, -0.2) is 37.1 Å². The predicted molar refractivity (Wildman–Crippen MR) is 75.0 cm³/mol. The molecule has 1 aromatic rings. The quantitative estimate of drug-likeness (QED) is 0.879. The monoisotopic (exact) mass is 262 g/mol. The Labute approximate surface area is 114 Å². The van der Waals surface area contributed by atoms with Gasteiger partial charge in [0.1, 0.15) is 0 Å². The van der Waals surface area contributed by atoms with Crippen LogP contribution in [0, 0.1) is 0 Å². The minimum Gasteiger partial charge on any atom is -0.377 e. The van der Waals surface area contributed by atoms with E-state index >= 15 is 0 Å². The van der Waals surface area contributed by atoms with Crippen LogP contribution in [0.2, 0.25) is 0 Å². The molecule has 19 heavy (non-hydrogen) atoms. The molecule has 0 saturated carbocycles. The molecule has 0 radical (unpaired) electrons. The summed E-state index contributed by atoms with van der Waals surface area (Å²) in [5.41, 5.74) is 3.29. The molecule has 0 aromatic heterocycles. The molecular formula is C15H22N2O2. The number of nitrogens with one attached hydrogen (secondary N) is 1. The summed E-state index contributed by atoms with van der Waals surface area (Å²) in [6.45, 7) is 6.95. The van der Waals surface area contributed by atoms with E-state index in [-0.39, 0.29) is 12.0 Å². The van der Waals surface area contributed by atoms with Crippen molar-refractivity contribution in [2.45, 2.75) is 33.0 Å². The van der Waals surface area contributed by atoms with Crippen LogP contribution in [0.15, 0.2) is 18.2 Å². The van der Waals surface area contributed by atoms with Crippen molar-refractivity contribution in [3.8, 4) is 0 Å². The fraction of sp³-hybridized carbons (Fsp3) is 0.533. The second-order valence-corrected chi connectivity index (χ2v) is 5.23. The van der Waals surface area contributed by atoms with Crippen molar-refractivity contribution in [2.75, 3.05) is 20.2 Å². The normalized spacial score (nSPS) is 13.7. The number of ether oxygens (including phenoxy) is 1. The van der Waals surface area contributed by atoms with Crippen LogP contribution in [0.1, 0.15) is 35.3 Å². The summed E-state index contributed by atoms with van der Waals surface area (Å²) in [5.74, 6) is 0.0575. The Balaban J connectivity index is 1.95. The number of hydrogen-bond donors (Lipinski definition) is 1. The van der Waals surface area contributed by atoms with Gasteiger partial charge in [0.15, 0.2) is 0 Å². The van der Waals surface area contributed by atoms with Gasteiger partial charge in [0.25, 0.3) is 5.91 Å². The van der Waals surface area contributed by atoms with Crippen LogP contribution in [0.4, 0.5) is 0 Å². The second-order valence-electron chi connectivity index (χ2n) is 5.23. The zero-order valence-corrected chi connectivity index (χ0v) is 11.9. The van der Waals surface area contributed by atoms with Crippen molar-refractivity contribution in [3.05, 3.63) is 34.9 Å². The molecule has 0 bridgehead atoms. The number of benzene rings is 1. The van der Waals surface area contributed by atoms with Gasteiger partial charge in [-0.2, -0.15) is 0 Å². The number of carbonyl (C=O) groups excluding carboxylic acids is 1. The van der Waals surface area contributed by atoms with E-state index in [1.165, 1.54) is 11.1 Å². The molecule has 1 heterocycles. The molecule has 4 nitrogen and oxygen atoms in total. The highest BCUT2D eigenvalue weighted by atomic mass is 16.5. The maximum Gasteiger partial charge on any atom is 0.253 e. The molecule has 4 heteroatoms. The molecule has 0 unspecified atom stereocenters. The molecule has 2 rings (SSSR count). The van der Waals surface area contributed by atoms with E-state index in [2.05, 4.69) is 5.32 Å². The van der Waals surface area contributed by atoms with E-state index in [4.69, 9.17) is 4.74 Å². The Morgan fingerprint density at radius 3 is 2.84 bits per heavy atom. The molecule has 0 aliphatic carbocycles. The average Bonchev–Trinajstić information content (AvgIpc) is 2.84. The lowest BCUT2D eigenvalue weighted by atomic mass is 10.1. The van der Waals surface area contributed by atoms with Crippen LogP contribution < -0.4 is 5.32 Å². The smallest absolute Gasteiger partial charge is 0.253 e. The third kappa shape index (κ3) is 3.55. The molecule has 1 aliphatic rings. The van der Waals surface area contributed by atoms with Gasteiger partial charge in [0.05, 0.1) is 12.7 Å². The number of carbonyl (C=O) groups is 1. The van der Waals surface area contributed by atoms with Crippen molar-refractivity contribution >= 4 is 5.91 Å². The average molecular weight is 262 g/mol. The van der Waals surface area contributed by atoms with Crippen molar-refractivity contribution < 1.29 is 9.53 Å². The number of nitrogens with zero attached hydrogens (tertiary/aromatic N) is 1. The Hall–Kier alpha value is -1.39. The van der Waals surface area contributed by atoms with E-state index in [9.17, 15) is 4.79 Å². The van der Waals surface area contributed by atoms with Gasteiger partial charge in [0.2, 0.25) is 0 Å². The van der Waals surface area contributed by atoms with Gasteiger partial charge in [-0.15, -0.1) is 0 Å². The van der Waals surface area contributed by atoms with Crippen molar-refractivity contribution in [2.24, 2.45) is 0 Å². The molecule has 1 amide bonds. The summed E-state index contributed by atoms with van der Waals surface area (Å²) in [6.07, 6.45) is 0.203. The highest BCUT2D eigenvalue weighted by Crippen LogP contribution is 2.17. The maximum absolute atomic E-state index is 12.3. The van der Waals surface area contributed by atoms with Crippen LogP contribution in [0.5, 0.6) is 0 Å². The number of amides is 1. The van der Waals surface area contributed by atoms with Crippen molar-refractivity contribution in [1.82, 2.24) is 10.2 Å². The van der Waals surface area contributed by atoms with E-state index < -0.39 is 0 Å². The first-order chi connectivity index (χ1) is 9.08. The first kappa shape index (κ1) is 14.0. The minimum absolute atomic E-state index is 0.0575. The Kier molecular flexibility index (Phi) is 4.56. The maximum atomic E-state index is 12.3. The Morgan fingerprint density at radius 1 is 1.37 bits per heavy atom. The summed E-state index contributed by atoms with van der Waals surface area (Å²) in [4.78, 5) is 14.0. The zero-order chi connectivity index (χ0) is 13.8. The van der Waals surface area contributed by atoms with Crippen LogP contribution >= 0.6 is 0 Å². The largest absolute Gasteiger partial charge is 0.377 e. The summed E-state index contributed by atoms with van der Waals surface area (Å²) < 4.78 is 5.47. The fourth-order valence-corrected chi connectivity index (χ4v) is 2.18. The molecule has 1 aromatic carbocycles. The third-order valence-corrected chi connectivity index (χ3v) is 3.31. The number of likely N-dealkylation sites (N-methyl/N-ethyl adjacent to an activating group) is 1. The van der Waals surface area contributed by atoms with Crippen LogP contribution in [0.25, 0.3) is 0 Å². The first-order valence-corrected chi connectivity index (χ1v) is 6.77. The number of rotatable bonds is 5. The lowest BCUT2D eigenvalue weighted by Gasteiger charge is -2.18. The Bertz CT molecular complexity index is 457. The lowest BCUT2D eigenvalue weighted by molar-refractivity contribution is 0.0532. The molecular weight excluding hydrogens is 240 g/mol. The van der Waals surface area contributed by atoms with Gasteiger partial charge in [-0.25, -0.2) is 0 Å². The summed E-state index contributed by atoms with van der Waals surface area (Å²) >= 11 is 0. The van der Waals surface area contributed by atoms with Crippen LogP contribution in [-0.2, 0) is 17.8 Å². The molecule has 0 fully saturated rings. The number of hydrogen-bond acceptors (Lipinski definition) is 3. The van der Waals surface area contributed by atoms with E-state index in [1.807, 2.05) is 39.1 Å². The van der Waals surface area contributed by atoms with Gasteiger partial charge in [-0.3, -0.25) is 4.79 Å². The fourth-order valence-electron chi connectivity index (χ4n) is 2.18. The molecule has 0 spiro atoms. The first-order valence-electron chi connectivity index (χ1n) is 6.77. The second kappa shape index (κ2) is 6.17. The predicted octanol–water partition coefficient (Wildman–Crippen LogP) is 1.79. The third-order valence-electron chi connectivity index (χ3n) is 3.31. The van der Waals surface area contributed by atoms with Gasteiger partial charge in [-0.1, -0.05) is 6.07 Å². The molecule has 0 atom stereocenters. The van der Waals surface area contributed by atoms with Gasteiger partial charge in [0, 0.05) is 32.2 Å². The van der Waals surface area contributed by atoms with Crippen LogP contribution in [0.3, 0.4) is 0 Å². The van der Waals surface area contributed by atoms with E-state index in [1.54, 1.807) is 4.90 Å². The SMILES string of the molecule is CC(C)OCCN(C)C(=O)c1ccc2c(c1)CNC2. The standard InChI is InChI=1S/C15H22N2O2/c1-11(2)19-7-6-17(3)15(18)12-4-5-13-9-16-10-14(13)8-12/h4-5,8,11,16H,6-7,9-10H2,1-3H3. The minimum atomic E-state index is 0.0575. The number of fused-ring (bicyclic) bond motifs is 1. The van der Waals surface area contributed by atoms with E-state index in [0.717, 1.165) is 18.7 Å². The van der Waals surface area contributed by atoms with Crippen molar-refractivity contribution in [1.29, 1.82) is 0 Å². The lowest BCUT2D eigenvalue weighted by Crippen LogP contribution is -2.30. The van der Waals surface area contributed by atoms with Gasteiger partial charge in [-0.05, 0) is 37.1 Å². The highest BCUT2D eigenvalue weighted by molar-refractivity contribution is 5.94. The zero-order valence-electron chi connectivity index (χ0n) is 11.9. The Morgan fingerprint density at radius 2 is 2.11 bits per heavy atom. The highest BCUT2D eigenvalue weighted by Gasteiger charge is 2.16. The van der Waals surface area contributed by atoms with Gasteiger partial charge < -0.3 is 15.0 Å². The summed E-state index contributed by atoms with van der Waals surface area (Å²) in [7, 11) is 1.82.